The average molecular weight is 219 g/mol. The van der Waals surface area contributed by atoms with E-state index in [9.17, 15) is 4.79 Å². The molecule has 0 unspecified atom stereocenters. The van der Waals surface area contributed by atoms with Crippen LogP contribution in [0.1, 0.15) is 19.8 Å². The molecule has 62 valence electrons. The number of halogens is 1. The maximum atomic E-state index is 10.7. The van der Waals surface area contributed by atoms with Gasteiger partial charge in [0, 0.05) is 4.99 Å². The zero-order chi connectivity index (χ0) is 8.53. The first-order valence-electron chi connectivity index (χ1n) is 3.49. The van der Waals surface area contributed by atoms with E-state index in [1.807, 2.05) is 6.92 Å². The monoisotopic (exact) mass is 218 g/mol. The lowest BCUT2D eigenvalue weighted by molar-refractivity contribution is -0.137. The van der Waals surface area contributed by atoms with Crippen LogP contribution in [0.25, 0.3) is 0 Å². The van der Waals surface area contributed by atoms with Crippen molar-refractivity contribution in [3.63, 3.8) is 0 Å². The predicted molar refractivity (Wildman–Crippen MR) is 47.4 cm³/mol. The average Bonchev–Trinajstić information content (AvgIpc) is 2.01. The third-order valence-electron chi connectivity index (χ3n) is 1.01. The maximum absolute atomic E-state index is 10.7. The van der Waals surface area contributed by atoms with Crippen LogP contribution in [0.4, 0.5) is 0 Å². The molecule has 2 nitrogen and oxygen atoms in total. The van der Waals surface area contributed by atoms with Gasteiger partial charge < -0.3 is 4.74 Å². The van der Waals surface area contributed by atoms with Crippen molar-refractivity contribution < 1.29 is 9.53 Å². The van der Waals surface area contributed by atoms with E-state index in [2.05, 4.69) is 21.7 Å². The smallest absolute Gasteiger partial charge is 0.338 e. The van der Waals surface area contributed by atoms with Gasteiger partial charge in [-0.05, 0) is 6.42 Å². The number of rotatable bonds is 4. The first kappa shape index (κ1) is 10.5. The summed E-state index contributed by atoms with van der Waals surface area (Å²) in [6.07, 6.45) is 3.20. The van der Waals surface area contributed by atoms with Crippen LogP contribution in [0.2, 0.25) is 0 Å². The normalized spacial score (nSPS) is 8.18. The number of carbonyl (C=O) groups excluding carboxylic acids is 1. The molecule has 0 aromatic rings. The molecule has 0 spiro atoms. The van der Waals surface area contributed by atoms with Crippen molar-refractivity contribution in [3.8, 4) is 0 Å². The molecule has 0 N–H and O–H groups in total. The van der Waals surface area contributed by atoms with Crippen LogP contribution in [0.5, 0.6) is 0 Å². The van der Waals surface area contributed by atoms with Crippen LogP contribution in [0.15, 0.2) is 16.8 Å². The summed E-state index contributed by atoms with van der Waals surface area (Å²) in [5, 5.41) is 0. The molecule has 0 atom stereocenters. The van der Waals surface area contributed by atoms with Crippen molar-refractivity contribution in [2.24, 2.45) is 0 Å². The van der Waals surface area contributed by atoms with E-state index in [-0.39, 0.29) is 5.97 Å². The van der Waals surface area contributed by atoms with Crippen molar-refractivity contribution in [1.29, 1.82) is 0 Å². The van der Waals surface area contributed by atoms with E-state index < -0.39 is 0 Å². The van der Waals surface area contributed by atoms with E-state index in [0.717, 1.165) is 12.8 Å². The van der Waals surface area contributed by atoms with Gasteiger partial charge in [0.15, 0.2) is 0 Å². The summed E-state index contributed by atoms with van der Waals surface area (Å²) in [4.78, 5) is 12.2. The second kappa shape index (κ2) is 7.58. The fourth-order valence-corrected chi connectivity index (χ4v) is 0.590. The summed E-state index contributed by atoms with van der Waals surface area (Å²) in [5.41, 5.74) is 2.57. The van der Waals surface area contributed by atoms with Gasteiger partial charge in [0.25, 0.3) is 0 Å². The molecular weight excluding hydrogens is 208 g/mol. The molecule has 0 bridgehead atoms. The largest absolute Gasteiger partial charge is 0.462 e. The Kier molecular flexibility index (Phi) is 7.21. The Morgan fingerprint density at radius 2 is 2.45 bits per heavy atom. The second-order valence-corrected chi connectivity index (χ2v) is 2.40. The fourth-order valence-electron chi connectivity index (χ4n) is 0.458. The van der Waals surface area contributed by atoms with Crippen LogP contribution in [0, 0.1) is 0 Å². The first-order chi connectivity index (χ1) is 5.31. The minimum atomic E-state index is -0.339. The van der Waals surface area contributed by atoms with Gasteiger partial charge >= 0.3 is 5.97 Å². The Hall–Kier alpha value is -0.530. The van der Waals surface area contributed by atoms with Crippen molar-refractivity contribution >= 4 is 21.9 Å². The standard InChI is InChI=1S/C8H11BrO2/c1-2-3-7-11-8(10)5-4-6-9/h5-6H,2-3,7H2,1H3. The number of esters is 1. The van der Waals surface area contributed by atoms with Gasteiger partial charge in [0.1, 0.15) is 0 Å². The molecule has 0 heterocycles. The fraction of sp³-hybridized carbons (Fsp3) is 0.500. The van der Waals surface area contributed by atoms with Gasteiger partial charge in [-0.3, -0.25) is 0 Å². The minimum absolute atomic E-state index is 0.339. The summed E-state index contributed by atoms with van der Waals surface area (Å²) in [6.45, 7) is 2.54. The Morgan fingerprint density at radius 3 is 3.00 bits per heavy atom. The molecule has 0 aliphatic carbocycles. The highest BCUT2D eigenvalue weighted by atomic mass is 79.9. The number of unbranched alkanes of at least 4 members (excludes halogenated alkanes) is 1. The Balaban J connectivity index is 3.45. The molecule has 0 aliphatic rings. The Morgan fingerprint density at radius 1 is 1.73 bits per heavy atom. The van der Waals surface area contributed by atoms with E-state index >= 15 is 0 Å². The van der Waals surface area contributed by atoms with Crippen molar-refractivity contribution in [2.45, 2.75) is 19.8 Å². The highest BCUT2D eigenvalue weighted by Gasteiger charge is 1.92. The summed E-state index contributed by atoms with van der Waals surface area (Å²) in [7, 11) is 0. The van der Waals surface area contributed by atoms with Crippen molar-refractivity contribution in [1.82, 2.24) is 0 Å². The van der Waals surface area contributed by atoms with Crippen molar-refractivity contribution in [3.05, 3.63) is 16.8 Å². The maximum Gasteiger partial charge on any atom is 0.338 e. The minimum Gasteiger partial charge on any atom is -0.462 e. The topological polar surface area (TPSA) is 26.3 Å². The van der Waals surface area contributed by atoms with Gasteiger partial charge in [-0.2, -0.15) is 0 Å². The third kappa shape index (κ3) is 7.37. The molecule has 0 radical (unpaired) electrons. The lowest BCUT2D eigenvalue weighted by Crippen LogP contribution is -2.00. The summed E-state index contributed by atoms with van der Waals surface area (Å²) < 4.78 is 4.79. The third-order valence-corrected chi connectivity index (χ3v) is 1.27. The zero-order valence-corrected chi connectivity index (χ0v) is 8.06. The van der Waals surface area contributed by atoms with E-state index in [0.29, 0.717) is 6.61 Å². The van der Waals surface area contributed by atoms with Gasteiger partial charge in [0.2, 0.25) is 0 Å². The van der Waals surface area contributed by atoms with E-state index in [1.54, 1.807) is 0 Å². The van der Waals surface area contributed by atoms with Crippen molar-refractivity contribution in [2.75, 3.05) is 6.61 Å². The van der Waals surface area contributed by atoms with Crippen LogP contribution in [-0.2, 0) is 9.53 Å². The molecule has 0 saturated carbocycles. The molecular formula is C8H11BrO2. The first-order valence-corrected chi connectivity index (χ1v) is 4.40. The Bertz CT molecular complexity index is 169. The van der Waals surface area contributed by atoms with Crippen LogP contribution < -0.4 is 0 Å². The molecule has 0 aliphatic heterocycles. The molecule has 0 amide bonds. The summed E-state index contributed by atoms with van der Waals surface area (Å²) in [6, 6.07) is 0. The molecule has 0 saturated heterocycles. The molecule has 3 heteroatoms. The number of ether oxygens (including phenoxy) is 1. The lowest BCUT2D eigenvalue weighted by atomic mass is 10.4. The molecule has 0 fully saturated rings. The molecule has 0 aromatic heterocycles. The quantitative estimate of drug-likeness (QED) is 0.314. The zero-order valence-electron chi connectivity index (χ0n) is 6.47. The van der Waals surface area contributed by atoms with Gasteiger partial charge in [-0.1, -0.05) is 29.3 Å². The van der Waals surface area contributed by atoms with E-state index in [4.69, 9.17) is 4.74 Å². The van der Waals surface area contributed by atoms with Gasteiger partial charge in [0.05, 0.1) is 12.7 Å². The Labute approximate surface area is 75.1 Å². The number of carbonyl (C=O) groups is 1. The lowest BCUT2D eigenvalue weighted by Gasteiger charge is -1.97. The van der Waals surface area contributed by atoms with Gasteiger partial charge in [-0.15, -0.1) is 5.73 Å². The van der Waals surface area contributed by atoms with Crippen LogP contribution in [0.3, 0.4) is 0 Å². The molecule has 11 heavy (non-hydrogen) atoms. The van der Waals surface area contributed by atoms with Gasteiger partial charge in [-0.25, -0.2) is 4.79 Å². The highest BCUT2D eigenvalue weighted by molar-refractivity contribution is 9.11. The number of hydrogen-bond acceptors (Lipinski definition) is 2. The summed E-state index contributed by atoms with van der Waals surface area (Å²) in [5.74, 6) is -0.339. The van der Waals surface area contributed by atoms with E-state index in [1.165, 1.54) is 11.1 Å². The van der Waals surface area contributed by atoms with Crippen LogP contribution in [-0.4, -0.2) is 12.6 Å². The highest BCUT2D eigenvalue weighted by Crippen LogP contribution is 1.89. The SMILES string of the molecule is CCCCOC(=O)C=C=CBr. The summed E-state index contributed by atoms with van der Waals surface area (Å²) >= 11 is 2.98. The van der Waals surface area contributed by atoms with Crippen LogP contribution >= 0.6 is 15.9 Å². The molecule has 0 aromatic carbocycles. The predicted octanol–water partition coefficient (Wildman–Crippen LogP) is 2.39. The number of hydrogen-bond donors (Lipinski definition) is 0. The molecule has 0 rings (SSSR count). The second-order valence-electron chi connectivity index (χ2n) is 1.94.